The molecule has 1 fully saturated rings. The average Bonchev–Trinajstić information content (AvgIpc) is 2.93. The van der Waals surface area contributed by atoms with Crippen LogP contribution >= 0.6 is 0 Å². The van der Waals surface area contributed by atoms with Gasteiger partial charge in [-0.1, -0.05) is 13.8 Å². The summed E-state index contributed by atoms with van der Waals surface area (Å²) in [6.07, 6.45) is 1.03. The third-order valence-electron chi connectivity index (χ3n) is 4.15. The van der Waals surface area contributed by atoms with Crippen LogP contribution in [0.2, 0.25) is 0 Å². The van der Waals surface area contributed by atoms with Crippen LogP contribution in [-0.4, -0.2) is 25.1 Å². The Morgan fingerprint density at radius 1 is 1.37 bits per heavy atom. The van der Waals surface area contributed by atoms with Gasteiger partial charge in [-0.15, -0.1) is 0 Å². The van der Waals surface area contributed by atoms with E-state index in [-0.39, 0.29) is 23.2 Å². The fourth-order valence-corrected chi connectivity index (χ4v) is 2.91. The number of rotatable bonds is 2. The first-order valence-electron chi connectivity index (χ1n) is 6.90. The molecule has 19 heavy (non-hydrogen) atoms. The molecule has 0 spiro atoms. The zero-order chi connectivity index (χ0) is 13.6. The lowest BCUT2D eigenvalue weighted by Crippen LogP contribution is -2.19. The van der Waals surface area contributed by atoms with Gasteiger partial charge in [0.1, 0.15) is 5.75 Å². The molecule has 3 heteroatoms. The first-order chi connectivity index (χ1) is 8.97. The summed E-state index contributed by atoms with van der Waals surface area (Å²) in [4.78, 5) is 12.5. The van der Waals surface area contributed by atoms with Crippen LogP contribution in [0.1, 0.15) is 43.1 Å². The molecule has 0 aliphatic carbocycles. The fraction of sp³-hybridized carbons (Fsp3) is 0.562. The van der Waals surface area contributed by atoms with Gasteiger partial charge in [-0.3, -0.25) is 4.79 Å². The fourth-order valence-electron chi connectivity index (χ4n) is 2.91. The van der Waals surface area contributed by atoms with E-state index in [0.29, 0.717) is 13.2 Å². The highest BCUT2D eigenvalue weighted by Gasteiger charge is 2.34. The molecule has 102 valence electrons. The van der Waals surface area contributed by atoms with Gasteiger partial charge >= 0.3 is 0 Å². The third-order valence-corrected chi connectivity index (χ3v) is 4.15. The Balaban J connectivity index is 1.89. The molecule has 1 saturated heterocycles. The molecule has 3 nitrogen and oxygen atoms in total. The summed E-state index contributed by atoms with van der Waals surface area (Å²) in [5.41, 5.74) is 1.93. The number of fused-ring (bicyclic) bond motifs is 1. The number of hydrogen-bond donors (Lipinski definition) is 0. The van der Waals surface area contributed by atoms with Gasteiger partial charge in [-0.25, -0.2) is 0 Å². The van der Waals surface area contributed by atoms with E-state index in [0.717, 1.165) is 23.3 Å². The molecule has 0 amide bonds. The van der Waals surface area contributed by atoms with E-state index < -0.39 is 0 Å². The Bertz CT molecular complexity index is 519. The van der Waals surface area contributed by atoms with Gasteiger partial charge in [0, 0.05) is 22.5 Å². The quantitative estimate of drug-likeness (QED) is 0.767. The van der Waals surface area contributed by atoms with Crippen LogP contribution in [0.4, 0.5) is 0 Å². The van der Waals surface area contributed by atoms with Crippen LogP contribution in [-0.2, 0) is 10.2 Å². The molecule has 2 atom stereocenters. The molecule has 1 aromatic rings. The van der Waals surface area contributed by atoms with Crippen molar-refractivity contribution < 1.29 is 14.3 Å². The Labute approximate surface area is 113 Å². The van der Waals surface area contributed by atoms with Crippen molar-refractivity contribution >= 4 is 5.78 Å². The molecule has 2 aliphatic rings. The Kier molecular flexibility index (Phi) is 2.90. The lowest BCUT2D eigenvalue weighted by atomic mass is 9.84. The van der Waals surface area contributed by atoms with Crippen LogP contribution in [0.5, 0.6) is 5.75 Å². The standard InChI is InChI=1S/C16H20O3/c1-10-6-12(8-18-10)15(17)11-4-5-14-13(7-11)16(2,3)9-19-14/h4-5,7,10,12H,6,8-9H2,1-3H3. The van der Waals surface area contributed by atoms with Crippen LogP contribution in [0.15, 0.2) is 18.2 Å². The number of Topliss-reactive ketones (excluding diaryl/α,β-unsaturated/α-hetero) is 1. The van der Waals surface area contributed by atoms with Gasteiger partial charge in [0.15, 0.2) is 5.78 Å². The monoisotopic (exact) mass is 260 g/mol. The highest BCUT2D eigenvalue weighted by atomic mass is 16.5. The molecule has 3 rings (SSSR count). The topological polar surface area (TPSA) is 35.5 Å². The highest BCUT2D eigenvalue weighted by Crippen LogP contribution is 2.39. The summed E-state index contributed by atoms with van der Waals surface area (Å²) < 4.78 is 11.2. The molecule has 2 aliphatic heterocycles. The van der Waals surface area contributed by atoms with Gasteiger partial charge in [-0.05, 0) is 31.5 Å². The van der Waals surface area contributed by atoms with E-state index >= 15 is 0 Å². The van der Waals surface area contributed by atoms with Crippen LogP contribution in [0.3, 0.4) is 0 Å². The summed E-state index contributed by atoms with van der Waals surface area (Å²) in [6, 6.07) is 5.82. The highest BCUT2D eigenvalue weighted by molar-refractivity contribution is 5.98. The predicted molar refractivity (Wildman–Crippen MR) is 72.8 cm³/mol. The van der Waals surface area contributed by atoms with Gasteiger partial charge in [0.05, 0.1) is 19.3 Å². The second-order valence-corrected chi connectivity index (χ2v) is 6.32. The van der Waals surface area contributed by atoms with Crippen molar-refractivity contribution in [3.8, 4) is 5.75 Å². The maximum Gasteiger partial charge on any atom is 0.168 e. The largest absolute Gasteiger partial charge is 0.492 e. The summed E-state index contributed by atoms with van der Waals surface area (Å²) >= 11 is 0. The number of carbonyl (C=O) groups excluding carboxylic acids is 1. The second kappa shape index (κ2) is 4.34. The minimum Gasteiger partial charge on any atom is -0.492 e. The first kappa shape index (κ1) is 12.7. The zero-order valence-corrected chi connectivity index (χ0v) is 11.7. The number of ether oxygens (including phenoxy) is 2. The Morgan fingerprint density at radius 3 is 2.84 bits per heavy atom. The van der Waals surface area contributed by atoms with Crippen molar-refractivity contribution in [3.63, 3.8) is 0 Å². The van der Waals surface area contributed by atoms with Crippen molar-refractivity contribution in [1.29, 1.82) is 0 Å². The van der Waals surface area contributed by atoms with Gasteiger partial charge in [-0.2, -0.15) is 0 Å². The maximum absolute atomic E-state index is 12.5. The van der Waals surface area contributed by atoms with Crippen molar-refractivity contribution in [3.05, 3.63) is 29.3 Å². The van der Waals surface area contributed by atoms with Crippen molar-refractivity contribution in [2.75, 3.05) is 13.2 Å². The third kappa shape index (κ3) is 2.16. The summed E-state index contributed by atoms with van der Waals surface area (Å²) in [6.45, 7) is 7.55. The summed E-state index contributed by atoms with van der Waals surface area (Å²) in [5.74, 6) is 1.13. The normalized spacial score (nSPS) is 27.9. The molecule has 2 unspecified atom stereocenters. The molecule has 0 N–H and O–H groups in total. The Morgan fingerprint density at radius 2 is 2.16 bits per heavy atom. The predicted octanol–water partition coefficient (Wildman–Crippen LogP) is 2.96. The number of hydrogen-bond acceptors (Lipinski definition) is 3. The van der Waals surface area contributed by atoms with Crippen molar-refractivity contribution in [1.82, 2.24) is 0 Å². The first-order valence-corrected chi connectivity index (χ1v) is 6.90. The van der Waals surface area contributed by atoms with Crippen LogP contribution < -0.4 is 4.74 Å². The number of carbonyl (C=O) groups is 1. The molecule has 2 heterocycles. The van der Waals surface area contributed by atoms with Crippen LogP contribution in [0, 0.1) is 5.92 Å². The molecular formula is C16H20O3. The Hall–Kier alpha value is -1.35. The van der Waals surface area contributed by atoms with E-state index in [4.69, 9.17) is 9.47 Å². The minimum atomic E-state index is -0.00884. The van der Waals surface area contributed by atoms with Gasteiger partial charge in [0.25, 0.3) is 0 Å². The lowest BCUT2D eigenvalue weighted by Gasteiger charge is -2.16. The second-order valence-electron chi connectivity index (χ2n) is 6.32. The van der Waals surface area contributed by atoms with E-state index in [1.807, 2.05) is 25.1 Å². The summed E-state index contributed by atoms with van der Waals surface area (Å²) in [5, 5.41) is 0. The van der Waals surface area contributed by atoms with E-state index in [1.165, 1.54) is 0 Å². The maximum atomic E-state index is 12.5. The molecule has 0 bridgehead atoms. The molecule has 0 saturated carbocycles. The van der Waals surface area contributed by atoms with Gasteiger partial charge < -0.3 is 9.47 Å². The van der Waals surface area contributed by atoms with E-state index in [2.05, 4.69) is 13.8 Å². The number of benzene rings is 1. The average molecular weight is 260 g/mol. The smallest absolute Gasteiger partial charge is 0.168 e. The number of ketones is 1. The minimum absolute atomic E-state index is 0.00884. The van der Waals surface area contributed by atoms with Crippen molar-refractivity contribution in [2.24, 2.45) is 5.92 Å². The van der Waals surface area contributed by atoms with Crippen molar-refractivity contribution in [2.45, 2.75) is 38.7 Å². The molecule has 0 aromatic heterocycles. The van der Waals surface area contributed by atoms with Crippen LogP contribution in [0.25, 0.3) is 0 Å². The van der Waals surface area contributed by atoms with Gasteiger partial charge in [0.2, 0.25) is 0 Å². The molecular weight excluding hydrogens is 240 g/mol. The lowest BCUT2D eigenvalue weighted by molar-refractivity contribution is 0.0877. The SMILES string of the molecule is CC1CC(C(=O)c2ccc3c(c2)C(C)(C)CO3)CO1. The van der Waals surface area contributed by atoms with E-state index in [1.54, 1.807) is 0 Å². The van der Waals surface area contributed by atoms with E-state index in [9.17, 15) is 4.79 Å². The summed E-state index contributed by atoms with van der Waals surface area (Å²) in [7, 11) is 0. The molecule has 0 radical (unpaired) electrons. The molecule has 1 aromatic carbocycles. The zero-order valence-electron chi connectivity index (χ0n) is 11.7.